The number of rotatable bonds is 3. The van der Waals surface area contributed by atoms with Gasteiger partial charge in [0.2, 0.25) is 0 Å². The van der Waals surface area contributed by atoms with Crippen molar-refractivity contribution in [2.24, 2.45) is 0 Å². The lowest BCUT2D eigenvalue weighted by Gasteiger charge is -2.37. The summed E-state index contributed by atoms with van der Waals surface area (Å²) in [5.41, 5.74) is 5.52. The van der Waals surface area contributed by atoms with E-state index in [0.717, 1.165) is 28.0 Å². The summed E-state index contributed by atoms with van der Waals surface area (Å²) >= 11 is 0. The normalized spacial score (nSPS) is 18.7. The van der Waals surface area contributed by atoms with Crippen LogP contribution in [0.25, 0.3) is 5.57 Å². The number of carbonyl (C=O) groups is 1. The number of amides is 1. The number of benzene rings is 2. The third kappa shape index (κ3) is 2.60. The summed E-state index contributed by atoms with van der Waals surface area (Å²) in [6, 6.07) is 18.0. The molecule has 130 valence electrons. The van der Waals surface area contributed by atoms with E-state index >= 15 is 0 Å². The molecule has 0 saturated heterocycles. The molecule has 0 bridgehead atoms. The third-order valence-electron chi connectivity index (χ3n) is 4.94. The maximum absolute atomic E-state index is 12.4. The average molecular weight is 344 g/mol. The molecule has 0 spiro atoms. The van der Waals surface area contributed by atoms with Crippen LogP contribution in [0.3, 0.4) is 0 Å². The standard InChI is InChI=1S/C22H20N2O2/c1-14-19(16-11-12-26-13-16)21(15-7-4-3-5-8-15)24-18-10-6-9-17(20(14)18)22(25)23-2/h3-13,19,21,24H,1H2,2H3,(H,23,25). The molecule has 0 radical (unpaired) electrons. The second-order valence-corrected chi connectivity index (χ2v) is 6.40. The number of carbonyl (C=O) groups excluding carboxylic acids is 1. The van der Waals surface area contributed by atoms with Crippen molar-refractivity contribution in [2.75, 3.05) is 12.4 Å². The van der Waals surface area contributed by atoms with Crippen LogP contribution in [-0.2, 0) is 0 Å². The maximum Gasteiger partial charge on any atom is 0.251 e. The van der Waals surface area contributed by atoms with Gasteiger partial charge in [0.15, 0.2) is 0 Å². The molecule has 1 aliphatic rings. The molecule has 4 rings (SSSR count). The lowest BCUT2D eigenvalue weighted by molar-refractivity contribution is 0.0963. The molecule has 1 amide bonds. The quantitative estimate of drug-likeness (QED) is 0.730. The van der Waals surface area contributed by atoms with E-state index in [0.29, 0.717) is 5.56 Å². The molecule has 0 aliphatic carbocycles. The highest BCUT2D eigenvalue weighted by molar-refractivity contribution is 6.03. The molecule has 4 heteroatoms. The SMILES string of the molecule is C=C1c2c(cccc2C(=O)NC)NC(c2ccccc2)C1c1ccoc1. The number of nitrogens with one attached hydrogen (secondary N) is 2. The summed E-state index contributed by atoms with van der Waals surface area (Å²) in [6.07, 6.45) is 3.42. The second-order valence-electron chi connectivity index (χ2n) is 6.40. The van der Waals surface area contributed by atoms with Gasteiger partial charge >= 0.3 is 0 Å². The maximum atomic E-state index is 12.4. The van der Waals surface area contributed by atoms with Crippen molar-refractivity contribution in [3.63, 3.8) is 0 Å². The van der Waals surface area contributed by atoms with Crippen LogP contribution < -0.4 is 10.6 Å². The van der Waals surface area contributed by atoms with Crippen LogP contribution in [0.4, 0.5) is 5.69 Å². The molecule has 0 fully saturated rings. The van der Waals surface area contributed by atoms with E-state index < -0.39 is 0 Å². The van der Waals surface area contributed by atoms with Gasteiger partial charge in [0.1, 0.15) is 0 Å². The van der Waals surface area contributed by atoms with Crippen LogP contribution in [-0.4, -0.2) is 13.0 Å². The van der Waals surface area contributed by atoms with E-state index in [1.165, 1.54) is 0 Å². The zero-order valence-electron chi connectivity index (χ0n) is 14.5. The molecule has 2 atom stereocenters. The van der Waals surface area contributed by atoms with Crippen molar-refractivity contribution in [1.82, 2.24) is 5.32 Å². The summed E-state index contributed by atoms with van der Waals surface area (Å²) in [4.78, 5) is 12.4. The van der Waals surface area contributed by atoms with Gasteiger partial charge in [-0.15, -0.1) is 0 Å². The molecule has 2 N–H and O–H groups in total. The summed E-state index contributed by atoms with van der Waals surface area (Å²) in [5.74, 6) is -0.150. The van der Waals surface area contributed by atoms with Gasteiger partial charge in [-0.05, 0) is 29.3 Å². The summed E-state index contributed by atoms with van der Waals surface area (Å²) in [6.45, 7) is 4.38. The first-order valence-corrected chi connectivity index (χ1v) is 8.58. The van der Waals surface area contributed by atoms with Crippen molar-refractivity contribution in [3.05, 3.63) is 96.0 Å². The largest absolute Gasteiger partial charge is 0.472 e. The Morgan fingerprint density at radius 2 is 1.88 bits per heavy atom. The van der Waals surface area contributed by atoms with E-state index in [2.05, 4.69) is 29.3 Å². The Balaban J connectivity index is 1.89. The molecule has 3 aromatic rings. The van der Waals surface area contributed by atoms with E-state index in [-0.39, 0.29) is 17.9 Å². The molecule has 26 heavy (non-hydrogen) atoms. The molecule has 1 aromatic heterocycles. The Morgan fingerprint density at radius 1 is 1.08 bits per heavy atom. The smallest absolute Gasteiger partial charge is 0.251 e. The van der Waals surface area contributed by atoms with Crippen molar-refractivity contribution in [3.8, 4) is 0 Å². The van der Waals surface area contributed by atoms with E-state index in [1.54, 1.807) is 19.6 Å². The first kappa shape index (κ1) is 16.2. The van der Waals surface area contributed by atoms with E-state index in [4.69, 9.17) is 4.42 Å². The summed E-state index contributed by atoms with van der Waals surface area (Å²) in [7, 11) is 1.64. The molecule has 1 aliphatic heterocycles. The fraction of sp³-hybridized carbons (Fsp3) is 0.136. The molecule has 2 unspecified atom stereocenters. The summed E-state index contributed by atoms with van der Waals surface area (Å²) in [5, 5.41) is 6.34. The monoisotopic (exact) mass is 344 g/mol. The minimum absolute atomic E-state index is 0.00809. The number of furan rings is 1. The van der Waals surface area contributed by atoms with E-state index in [1.807, 2.05) is 42.5 Å². The average Bonchev–Trinajstić information content (AvgIpc) is 3.21. The highest BCUT2D eigenvalue weighted by atomic mass is 16.3. The van der Waals surface area contributed by atoms with Crippen molar-refractivity contribution >= 4 is 17.2 Å². The third-order valence-corrected chi connectivity index (χ3v) is 4.94. The van der Waals surface area contributed by atoms with Gasteiger partial charge in [0, 0.05) is 35.3 Å². The predicted octanol–water partition coefficient (Wildman–Crippen LogP) is 4.60. The Morgan fingerprint density at radius 3 is 2.58 bits per heavy atom. The number of hydrogen-bond acceptors (Lipinski definition) is 3. The Hall–Kier alpha value is -3.27. The number of anilines is 1. The van der Waals surface area contributed by atoms with E-state index in [9.17, 15) is 4.79 Å². The van der Waals surface area contributed by atoms with Crippen LogP contribution in [0.5, 0.6) is 0 Å². The molecular formula is C22H20N2O2. The molecule has 0 saturated carbocycles. The van der Waals surface area contributed by atoms with Crippen LogP contribution in [0.15, 0.2) is 78.1 Å². The zero-order chi connectivity index (χ0) is 18.1. The van der Waals surface area contributed by atoms with Gasteiger partial charge in [-0.3, -0.25) is 4.79 Å². The van der Waals surface area contributed by atoms with Gasteiger partial charge in [-0.2, -0.15) is 0 Å². The Kier molecular flexibility index (Phi) is 4.09. The van der Waals surface area contributed by atoms with Crippen molar-refractivity contribution in [2.45, 2.75) is 12.0 Å². The van der Waals surface area contributed by atoms with Crippen LogP contribution in [0.2, 0.25) is 0 Å². The fourth-order valence-corrected chi connectivity index (χ4v) is 3.73. The summed E-state index contributed by atoms with van der Waals surface area (Å²) < 4.78 is 5.34. The van der Waals surface area contributed by atoms with Gasteiger partial charge in [0.25, 0.3) is 5.91 Å². The highest BCUT2D eigenvalue weighted by Gasteiger charge is 2.35. The van der Waals surface area contributed by atoms with Crippen molar-refractivity contribution < 1.29 is 9.21 Å². The minimum atomic E-state index is -0.117. The Labute approximate surface area is 152 Å². The second kappa shape index (κ2) is 6.56. The lowest BCUT2D eigenvalue weighted by atomic mass is 9.76. The lowest BCUT2D eigenvalue weighted by Crippen LogP contribution is -2.28. The number of fused-ring (bicyclic) bond motifs is 1. The van der Waals surface area contributed by atoms with Gasteiger partial charge in [0.05, 0.1) is 18.6 Å². The predicted molar refractivity (Wildman–Crippen MR) is 103 cm³/mol. The van der Waals surface area contributed by atoms with Gasteiger partial charge < -0.3 is 15.1 Å². The van der Waals surface area contributed by atoms with Crippen LogP contribution in [0.1, 0.15) is 39.0 Å². The fourth-order valence-electron chi connectivity index (χ4n) is 3.73. The van der Waals surface area contributed by atoms with Gasteiger partial charge in [-0.25, -0.2) is 0 Å². The molecular weight excluding hydrogens is 324 g/mol. The van der Waals surface area contributed by atoms with Crippen LogP contribution in [0, 0.1) is 0 Å². The zero-order valence-corrected chi connectivity index (χ0v) is 14.5. The molecule has 2 heterocycles. The van der Waals surface area contributed by atoms with Crippen molar-refractivity contribution in [1.29, 1.82) is 0 Å². The first-order chi connectivity index (χ1) is 12.7. The van der Waals surface area contributed by atoms with Crippen LogP contribution >= 0.6 is 0 Å². The molecule has 4 nitrogen and oxygen atoms in total. The Bertz CT molecular complexity index is 946. The molecule has 2 aromatic carbocycles. The minimum Gasteiger partial charge on any atom is -0.472 e. The van der Waals surface area contributed by atoms with Gasteiger partial charge in [-0.1, -0.05) is 43.0 Å². The number of hydrogen-bond donors (Lipinski definition) is 2. The highest BCUT2D eigenvalue weighted by Crippen LogP contribution is 2.49. The first-order valence-electron chi connectivity index (χ1n) is 8.58. The topological polar surface area (TPSA) is 54.3 Å².